The number of anilines is 3. The fourth-order valence-corrected chi connectivity index (χ4v) is 2.48. The molecule has 7 heteroatoms. The number of hydrogen-bond donors (Lipinski definition) is 2. The summed E-state index contributed by atoms with van der Waals surface area (Å²) < 4.78 is 11.0. The summed E-state index contributed by atoms with van der Waals surface area (Å²) in [4.78, 5) is 20.6. The first kappa shape index (κ1) is 15.9. The second-order valence-electron chi connectivity index (χ2n) is 5.60. The van der Waals surface area contributed by atoms with Gasteiger partial charge in [-0.3, -0.25) is 4.79 Å². The first-order valence-corrected chi connectivity index (χ1v) is 8.13. The van der Waals surface area contributed by atoms with Crippen LogP contribution in [0.5, 0.6) is 11.5 Å². The van der Waals surface area contributed by atoms with E-state index in [2.05, 4.69) is 20.6 Å². The van der Waals surface area contributed by atoms with Gasteiger partial charge in [-0.25, -0.2) is 9.97 Å². The van der Waals surface area contributed by atoms with Crippen LogP contribution in [0.2, 0.25) is 0 Å². The molecule has 1 aromatic heterocycles. The van der Waals surface area contributed by atoms with Crippen molar-refractivity contribution in [3.05, 3.63) is 66.5 Å². The normalized spacial score (nSPS) is 12.3. The van der Waals surface area contributed by atoms with Crippen molar-refractivity contribution in [2.24, 2.45) is 0 Å². The Morgan fingerprint density at radius 3 is 2.38 bits per heavy atom. The molecular weight excluding hydrogens is 332 g/mol. The number of amides is 1. The van der Waals surface area contributed by atoms with Crippen LogP contribution in [0.1, 0.15) is 10.4 Å². The molecule has 0 aliphatic carbocycles. The number of carbonyl (C=O) groups is 1. The monoisotopic (exact) mass is 348 g/mol. The number of benzene rings is 2. The highest BCUT2D eigenvalue weighted by atomic mass is 16.6. The summed E-state index contributed by atoms with van der Waals surface area (Å²) in [5.74, 6) is 1.52. The van der Waals surface area contributed by atoms with Crippen LogP contribution in [0.4, 0.5) is 17.3 Å². The van der Waals surface area contributed by atoms with E-state index in [-0.39, 0.29) is 5.91 Å². The SMILES string of the molecule is O=C(Nc1ccccc1)c1cnc(Nc2ccc3c(c2)OCCO3)nc1. The van der Waals surface area contributed by atoms with E-state index in [0.717, 1.165) is 17.1 Å². The van der Waals surface area contributed by atoms with Gasteiger partial charge in [-0.2, -0.15) is 0 Å². The van der Waals surface area contributed by atoms with Gasteiger partial charge in [-0.15, -0.1) is 0 Å². The van der Waals surface area contributed by atoms with Crippen molar-refractivity contribution >= 4 is 23.2 Å². The molecule has 2 heterocycles. The third-order valence-electron chi connectivity index (χ3n) is 3.74. The number of carbonyl (C=O) groups excluding carboxylic acids is 1. The van der Waals surface area contributed by atoms with Gasteiger partial charge in [0.2, 0.25) is 5.95 Å². The predicted molar refractivity (Wildman–Crippen MR) is 97.1 cm³/mol. The highest BCUT2D eigenvalue weighted by molar-refractivity contribution is 6.03. The summed E-state index contributed by atoms with van der Waals surface area (Å²) in [6, 6.07) is 14.7. The smallest absolute Gasteiger partial charge is 0.258 e. The van der Waals surface area contributed by atoms with Crippen LogP contribution >= 0.6 is 0 Å². The molecule has 0 spiro atoms. The standard InChI is InChI=1S/C19H16N4O3/c24-18(22-14-4-2-1-3-5-14)13-11-20-19(21-12-13)23-15-6-7-16-17(10-15)26-9-8-25-16/h1-7,10-12H,8-9H2,(H,22,24)(H,20,21,23). The maximum atomic E-state index is 12.2. The number of para-hydroxylation sites is 1. The summed E-state index contributed by atoms with van der Waals surface area (Å²) in [6.07, 6.45) is 2.96. The molecule has 1 aliphatic rings. The van der Waals surface area contributed by atoms with Crippen LogP contribution in [0.15, 0.2) is 60.9 Å². The average Bonchev–Trinajstić information content (AvgIpc) is 2.69. The van der Waals surface area contributed by atoms with Crippen molar-refractivity contribution in [1.82, 2.24) is 9.97 Å². The molecule has 130 valence electrons. The summed E-state index contributed by atoms with van der Waals surface area (Å²) in [5, 5.41) is 5.87. The second-order valence-corrected chi connectivity index (χ2v) is 5.60. The molecule has 3 aromatic rings. The Morgan fingerprint density at radius 1 is 0.885 bits per heavy atom. The lowest BCUT2D eigenvalue weighted by Crippen LogP contribution is -2.15. The number of fused-ring (bicyclic) bond motifs is 1. The Kier molecular flexibility index (Phi) is 4.34. The predicted octanol–water partition coefficient (Wildman–Crippen LogP) is 3.24. The topological polar surface area (TPSA) is 85.4 Å². The van der Waals surface area contributed by atoms with E-state index in [1.165, 1.54) is 12.4 Å². The molecule has 0 fully saturated rings. The fourth-order valence-electron chi connectivity index (χ4n) is 2.48. The van der Waals surface area contributed by atoms with E-state index in [1.54, 1.807) is 0 Å². The van der Waals surface area contributed by atoms with Gasteiger partial charge in [0.15, 0.2) is 11.5 Å². The van der Waals surface area contributed by atoms with Crippen molar-refractivity contribution in [2.45, 2.75) is 0 Å². The molecular formula is C19H16N4O3. The lowest BCUT2D eigenvalue weighted by Gasteiger charge is -2.18. The van der Waals surface area contributed by atoms with Gasteiger partial charge >= 0.3 is 0 Å². The molecule has 4 rings (SSSR count). The van der Waals surface area contributed by atoms with Gasteiger partial charge in [0, 0.05) is 29.8 Å². The maximum absolute atomic E-state index is 12.2. The van der Waals surface area contributed by atoms with E-state index in [0.29, 0.717) is 30.5 Å². The van der Waals surface area contributed by atoms with Crippen molar-refractivity contribution < 1.29 is 14.3 Å². The first-order valence-electron chi connectivity index (χ1n) is 8.13. The van der Waals surface area contributed by atoms with E-state index >= 15 is 0 Å². The zero-order valence-corrected chi connectivity index (χ0v) is 13.8. The Labute approximate surface area is 150 Å². The molecule has 0 unspecified atom stereocenters. The molecule has 1 amide bonds. The number of aromatic nitrogens is 2. The Morgan fingerprint density at radius 2 is 1.62 bits per heavy atom. The summed E-state index contributed by atoms with van der Waals surface area (Å²) >= 11 is 0. The number of rotatable bonds is 4. The number of nitrogens with zero attached hydrogens (tertiary/aromatic N) is 2. The molecule has 0 saturated carbocycles. The van der Waals surface area contributed by atoms with Crippen molar-refractivity contribution in [2.75, 3.05) is 23.8 Å². The van der Waals surface area contributed by atoms with Crippen LogP contribution in [0, 0.1) is 0 Å². The van der Waals surface area contributed by atoms with Crippen LogP contribution in [-0.2, 0) is 0 Å². The average molecular weight is 348 g/mol. The Hall–Kier alpha value is -3.61. The zero-order chi connectivity index (χ0) is 17.8. The molecule has 2 N–H and O–H groups in total. The first-order chi connectivity index (χ1) is 12.8. The number of ether oxygens (including phenoxy) is 2. The minimum absolute atomic E-state index is 0.262. The highest BCUT2D eigenvalue weighted by Gasteiger charge is 2.12. The van der Waals surface area contributed by atoms with Gasteiger partial charge in [-0.05, 0) is 24.3 Å². The van der Waals surface area contributed by atoms with Crippen LogP contribution in [0.3, 0.4) is 0 Å². The second kappa shape index (κ2) is 7.10. The lowest BCUT2D eigenvalue weighted by molar-refractivity contribution is 0.102. The molecule has 2 aromatic carbocycles. The molecule has 0 bridgehead atoms. The van der Waals surface area contributed by atoms with E-state index in [1.807, 2.05) is 48.5 Å². The third kappa shape index (κ3) is 3.56. The van der Waals surface area contributed by atoms with Gasteiger partial charge in [0.25, 0.3) is 5.91 Å². The van der Waals surface area contributed by atoms with Gasteiger partial charge < -0.3 is 20.1 Å². The van der Waals surface area contributed by atoms with E-state index in [9.17, 15) is 4.79 Å². The molecule has 0 saturated heterocycles. The highest BCUT2D eigenvalue weighted by Crippen LogP contribution is 2.33. The Balaban J connectivity index is 1.43. The largest absolute Gasteiger partial charge is 0.486 e. The van der Waals surface area contributed by atoms with Crippen molar-refractivity contribution in [1.29, 1.82) is 0 Å². The molecule has 0 atom stereocenters. The van der Waals surface area contributed by atoms with Crippen LogP contribution in [-0.4, -0.2) is 29.1 Å². The molecule has 26 heavy (non-hydrogen) atoms. The summed E-state index contributed by atoms with van der Waals surface area (Å²) in [5.41, 5.74) is 1.87. The van der Waals surface area contributed by atoms with E-state index < -0.39 is 0 Å². The summed E-state index contributed by atoms with van der Waals surface area (Å²) in [7, 11) is 0. The van der Waals surface area contributed by atoms with Gasteiger partial charge in [0.1, 0.15) is 13.2 Å². The van der Waals surface area contributed by atoms with Crippen molar-refractivity contribution in [3.63, 3.8) is 0 Å². The minimum atomic E-state index is -0.262. The van der Waals surface area contributed by atoms with Crippen LogP contribution in [0.25, 0.3) is 0 Å². The van der Waals surface area contributed by atoms with Crippen molar-refractivity contribution in [3.8, 4) is 11.5 Å². The summed E-state index contributed by atoms with van der Waals surface area (Å²) in [6.45, 7) is 1.08. The molecule has 1 aliphatic heterocycles. The zero-order valence-electron chi connectivity index (χ0n) is 13.8. The number of nitrogens with one attached hydrogen (secondary N) is 2. The molecule has 0 radical (unpaired) electrons. The molecule has 7 nitrogen and oxygen atoms in total. The maximum Gasteiger partial charge on any atom is 0.258 e. The van der Waals surface area contributed by atoms with Gasteiger partial charge in [-0.1, -0.05) is 18.2 Å². The van der Waals surface area contributed by atoms with Gasteiger partial charge in [0.05, 0.1) is 5.56 Å². The third-order valence-corrected chi connectivity index (χ3v) is 3.74. The quantitative estimate of drug-likeness (QED) is 0.753. The lowest BCUT2D eigenvalue weighted by atomic mass is 10.2. The number of hydrogen-bond acceptors (Lipinski definition) is 6. The minimum Gasteiger partial charge on any atom is -0.486 e. The Bertz CT molecular complexity index is 914. The fraction of sp³-hybridized carbons (Fsp3) is 0.105. The van der Waals surface area contributed by atoms with Crippen LogP contribution < -0.4 is 20.1 Å². The van der Waals surface area contributed by atoms with E-state index in [4.69, 9.17) is 9.47 Å².